The zero-order valence-corrected chi connectivity index (χ0v) is 14.4. The van der Waals surface area contributed by atoms with Crippen LogP contribution in [0.15, 0.2) is 24.3 Å². The highest BCUT2D eigenvalue weighted by atomic mass is 16.6. The Balaban J connectivity index is 2.23. The summed E-state index contributed by atoms with van der Waals surface area (Å²) in [5.74, 6) is -1.13. The van der Waals surface area contributed by atoms with Crippen LogP contribution >= 0.6 is 0 Å². The molecule has 0 saturated heterocycles. The van der Waals surface area contributed by atoms with Crippen LogP contribution in [0.2, 0.25) is 0 Å². The van der Waals surface area contributed by atoms with Crippen molar-refractivity contribution in [2.24, 2.45) is 0 Å². The highest BCUT2D eigenvalue weighted by Gasteiger charge is 2.55. The number of hydrogen-bond acceptors (Lipinski definition) is 5. The fraction of sp³-hybridized carbons (Fsp3) is 0.474. The molecule has 0 saturated carbocycles. The molecule has 0 atom stereocenters. The number of ether oxygens (including phenoxy) is 2. The number of anilines is 1. The van der Waals surface area contributed by atoms with Crippen molar-refractivity contribution in [2.75, 3.05) is 24.7 Å². The summed E-state index contributed by atoms with van der Waals surface area (Å²) in [4.78, 5) is 27.7. The van der Waals surface area contributed by atoms with Gasteiger partial charge in [0.05, 0.1) is 13.2 Å². The summed E-state index contributed by atoms with van der Waals surface area (Å²) < 4.78 is 10.6. The van der Waals surface area contributed by atoms with Crippen LogP contribution in [0.1, 0.15) is 38.3 Å². The predicted molar refractivity (Wildman–Crippen MR) is 91.8 cm³/mol. The molecule has 0 bridgehead atoms. The second-order valence-corrected chi connectivity index (χ2v) is 6.10. The van der Waals surface area contributed by atoms with Gasteiger partial charge in [-0.15, -0.1) is 0 Å². The number of hydrogen-bond donors (Lipinski definition) is 0. The molecule has 24 heavy (non-hydrogen) atoms. The summed E-state index contributed by atoms with van der Waals surface area (Å²) in [6.45, 7) is 6.46. The maximum atomic E-state index is 12.9. The van der Waals surface area contributed by atoms with Gasteiger partial charge in [-0.25, -0.2) is 9.59 Å². The van der Waals surface area contributed by atoms with Crippen molar-refractivity contribution in [1.82, 2.24) is 0 Å². The summed E-state index contributed by atoms with van der Waals surface area (Å²) >= 11 is 0. The standard InChI is InChI=1S/C19H23NO4/c1-4-23-17(21)19(18(22)24-5-2)12-13(3)15-10-6-8-14-9-7-11-20(19)16(14)15/h6,8,10,12H,4-5,7,9,11H2,1-3H3. The number of rotatable bonds is 4. The summed E-state index contributed by atoms with van der Waals surface area (Å²) in [6.07, 6.45) is 3.53. The molecule has 5 heteroatoms. The Morgan fingerprint density at radius 1 is 1.17 bits per heavy atom. The van der Waals surface area contributed by atoms with E-state index in [0.717, 1.165) is 35.2 Å². The Bertz CT molecular complexity index is 689. The molecule has 1 aromatic carbocycles. The highest BCUT2D eigenvalue weighted by Crippen LogP contribution is 2.44. The van der Waals surface area contributed by atoms with Crippen molar-refractivity contribution in [3.63, 3.8) is 0 Å². The summed E-state index contributed by atoms with van der Waals surface area (Å²) in [7, 11) is 0. The minimum Gasteiger partial charge on any atom is -0.464 e. The number of nitrogens with zero attached hydrogens (tertiary/aromatic N) is 1. The van der Waals surface area contributed by atoms with Gasteiger partial charge < -0.3 is 14.4 Å². The number of allylic oxidation sites excluding steroid dienone is 1. The van der Waals surface area contributed by atoms with Crippen LogP contribution in [0, 0.1) is 0 Å². The fourth-order valence-electron chi connectivity index (χ4n) is 3.69. The molecule has 0 radical (unpaired) electrons. The van der Waals surface area contributed by atoms with Crippen molar-refractivity contribution in [1.29, 1.82) is 0 Å². The molecule has 0 aromatic heterocycles. The molecule has 2 heterocycles. The van der Waals surface area contributed by atoms with Gasteiger partial charge in [0.1, 0.15) is 0 Å². The van der Waals surface area contributed by atoms with Gasteiger partial charge in [0, 0.05) is 17.8 Å². The summed E-state index contributed by atoms with van der Waals surface area (Å²) in [6, 6.07) is 6.12. The molecule has 2 aliphatic heterocycles. The van der Waals surface area contributed by atoms with Crippen molar-refractivity contribution in [3.05, 3.63) is 35.4 Å². The van der Waals surface area contributed by atoms with E-state index in [0.29, 0.717) is 6.54 Å². The fourth-order valence-corrected chi connectivity index (χ4v) is 3.69. The molecule has 128 valence electrons. The normalized spacial score (nSPS) is 17.6. The Labute approximate surface area is 142 Å². The maximum Gasteiger partial charge on any atom is 0.348 e. The average Bonchev–Trinajstić information content (AvgIpc) is 2.58. The summed E-state index contributed by atoms with van der Waals surface area (Å²) in [5, 5.41) is 0. The lowest BCUT2D eigenvalue weighted by atomic mass is 9.81. The zero-order chi connectivity index (χ0) is 17.3. The van der Waals surface area contributed by atoms with E-state index in [4.69, 9.17) is 9.47 Å². The molecular weight excluding hydrogens is 306 g/mol. The average molecular weight is 329 g/mol. The minimum absolute atomic E-state index is 0.217. The van der Waals surface area contributed by atoms with Gasteiger partial charge in [-0.1, -0.05) is 18.2 Å². The molecule has 1 aromatic rings. The van der Waals surface area contributed by atoms with Crippen LogP contribution in [-0.4, -0.2) is 37.2 Å². The Morgan fingerprint density at radius 3 is 2.46 bits per heavy atom. The first-order valence-electron chi connectivity index (χ1n) is 8.50. The van der Waals surface area contributed by atoms with Crippen LogP contribution in [0.5, 0.6) is 0 Å². The number of esters is 2. The second-order valence-electron chi connectivity index (χ2n) is 6.10. The maximum absolute atomic E-state index is 12.9. The van der Waals surface area contributed by atoms with Crippen LogP contribution < -0.4 is 4.90 Å². The first kappa shape index (κ1) is 16.6. The van der Waals surface area contributed by atoms with Gasteiger partial charge in [0.2, 0.25) is 0 Å². The number of carbonyl (C=O) groups excluding carboxylic acids is 2. The molecule has 0 amide bonds. The minimum atomic E-state index is -1.53. The van der Waals surface area contributed by atoms with Gasteiger partial charge in [-0.2, -0.15) is 0 Å². The highest BCUT2D eigenvalue weighted by molar-refractivity contribution is 6.14. The first-order valence-corrected chi connectivity index (χ1v) is 8.50. The van der Waals surface area contributed by atoms with E-state index in [1.807, 2.05) is 24.0 Å². The molecular formula is C19H23NO4. The number of aryl methyl sites for hydroxylation is 1. The molecule has 2 aliphatic rings. The van der Waals surface area contributed by atoms with Crippen LogP contribution in [0.25, 0.3) is 5.57 Å². The lowest BCUT2D eigenvalue weighted by Gasteiger charge is -2.46. The van der Waals surface area contributed by atoms with Crippen LogP contribution in [-0.2, 0) is 25.5 Å². The first-order chi connectivity index (χ1) is 11.6. The van der Waals surface area contributed by atoms with Crippen LogP contribution in [0.4, 0.5) is 5.69 Å². The predicted octanol–water partition coefficient (Wildman–Crippen LogP) is 2.72. The molecule has 0 aliphatic carbocycles. The SMILES string of the molecule is CCOC(=O)C1(C(=O)OCC)C=C(C)c2cccc3c2N1CCC3. The molecule has 0 unspecified atom stereocenters. The third-order valence-electron chi connectivity index (χ3n) is 4.67. The number of benzene rings is 1. The smallest absolute Gasteiger partial charge is 0.348 e. The van der Waals surface area contributed by atoms with Crippen LogP contribution in [0.3, 0.4) is 0 Å². The Morgan fingerprint density at radius 2 is 1.83 bits per heavy atom. The van der Waals surface area contributed by atoms with Crippen molar-refractivity contribution in [3.8, 4) is 0 Å². The molecule has 3 rings (SSSR count). The van der Waals surface area contributed by atoms with E-state index in [-0.39, 0.29) is 13.2 Å². The summed E-state index contributed by atoms with van der Waals surface area (Å²) in [5.41, 5.74) is 2.55. The molecule has 0 N–H and O–H groups in total. The second kappa shape index (κ2) is 6.30. The Hall–Kier alpha value is -2.30. The lowest BCUT2D eigenvalue weighted by molar-refractivity contribution is -0.161. The number of para-hydroxylation sites is 1. The van der Waals surface area contributed by atoms with E-state index in [1.165, 1.54) is 0 Å². The van der Waals surface area contributed by atoms with Gasteiger partial charge in [0.25, 0.3) is 5.54 Å². The van der Waals surface area contributed by atoms with Gasteiger partial charge in [0.15, 0.2) is 0 Å². The topological polar surface area (TPSA) is 55.8 Å². The monoisotopic (exact) mass is 329 g/mol. The van der Waals surface area contributed by atoms with Gasteiger partial charge >= 0.3 is 11.9 Å². The van der Waals surface area contributed by atoms with E-state index < -0.39 is 17.5 Å². The third kappa shape index (κ3) is 2.30. The quantitative estimate of drug-likeness (QED) is 0.628. The molecule has 5 nitrogen and oxygen atoms in total. The largest absolute Gasteiger partial charge is 0.464 e. The van der Waals surface area contributed by atoms with Gasteiger partial charge in [-0.05, 0) is 50.8 Å². The van der Waals surface area contributed by atoms with Gasteiger partial charge in [-0.3, -0.25) is 0 Å². The van der Waals surface area contributed by atoms with E-state index >= 15 is 0 Å². The lowest BCUT2D eigenvalue weighted by Crippen LogP contribution is -2.63. The van der Waals surface area contributed by atoms with Crippen molar-refractivity contribution in [2.45, 2.75) is 39.2 Å². The Kier molecular flexibility index (Phi) is 4.35. The zero-order valence-electron chi connectivity index (χ0n) is 14.4. The van der Waals surface area contributed by atoms with Crippen molar-refractivity contribution < 1.29 is 19.1 Å². The van der Waals surface area contributed by atoms with E-state index in [1.54, 1.807) is 19.9 Å². The third-order valence-corrected chi connectivity index (χ3v) is 4.67. The van der Waals surface area contributed by atoms with E-state index in [2.05, 4.69) is 6.07 Å². The van der Waals surface area contributed by atoms with E-state index in [9.17, 15) is 9.59 Å². The molecule has 0 fully saturated rings. The number of carbonyl (C=O) groups is 2. The molecule has 0 spiro atoms. The van der Waals surface area contributed by atoms with Crippen molar-refractivity contribution >= 4 is 23.2 Å².